The minimum atomic E-state index is -0.990. The Labute approximate surface area is 739 Å². The molecule has 0 saturated heterocycles. The molecule has 0 spiro atoms. The molecule has 5 radical (unpaired) electrons. The van der Waals surface area contributed by atoms with Crippen LogP contribution in [0, 0.1) is 65.2 Å². The first kappa shape index (κ1) is 108. The van der Waals surface area contributed by atoms with E-state index in [-0.39, 0.29) is 163 Å². The summed E-state index contributed by atoms with van der Waals surface area (Å²) in [6.07, 6.45) is 23.6. The molecule has 23 nitrogen and oxygen atoms in total. The van der Waals surface area contributed by atoms with Crippen LogP contribution < -0.4 is 4.74 Å². The minimum absolute atomic E-state index is 0. The molecule has 0 amide bonds. The summed E-state index contributed by atoms with van der Waals surface area (Å²) in [5.74, 6) is -2.15. The van der Waals surface area contributed by atoms with E-state index >= 15 is 0 Å². The Bertz CT molecular complexity index is 5000. The van der Waals surface area contributed by atoms with E-state index in [2.05, 4.69) is 65.2 Å². The van der Waals surface area contributed by atoms with Crippen LogP contribution >= 0.6 is 0 Å². The quantitative estimate of drug-likeness (QED) is 0.0328. The van der Waals surface area contributed by atoms with E-state index in [1.165, 1.54) is 84.3 Å². The number of ether oxygens (including phenoxy) is 1. The summed E-state index contributed by atoms with van der Waals surface area (Å²) in [5.41, 5.74) is 3.53. The third-order valence-corrected chi connectivity index (χ3v) is 13.4. The van der Waals surface area contributed by atoms with Crippen LogP contribution in [0.15, 0.2) is 255 Å². The Hall–Kier alpha value is -11.1. The number of ketones is 3. The first-order chi connectivity index (χ1) is 53.3. The second-order valence-electron chi connectivity index (χ2n) is 22.7. The first-order valence-electron chi connectivity index (χ1n) is 32.8. The molecule has 0 bridgehead atoms. The number of hydrogen-bond acceptors (Lipinski definition) is 16. The van der Waals surface area contributed by atoms with Crippen LogP contribution in [0.5, 0.6) is 5.75 Å². The van der Waals surface area contributed by atoms with Gasteiger partial charge in [-0.25, -0.2) is 19.6 Å². The Kier molecular flexibility index (Phi) is 53.3. The van der Waals surface area contributed by atoms with Gasteiger partial charge >= 0.3 is 11.9 Å². The second kappa shape index (κ2) is 57.8. The number of rotatable bonds is 12. The topological polar surface area (TPSA) is 311 Å². The SMILES string of the molecule is CC(=O)C=C(C)O.CC(=O)C=C(C)O.CC(=O)C=C(C)O.COc1c[c-]c(-c2nccn2C)cc1.Cn1ccnc1-c1[c-]cc(F)cc1F.Cn1ccnc1-c1[c-]cc(F)cc1F.Cn1ccnc1-c1[c-]cccc1.Fc1c[c-]c(-c2nccn2-c2ccccc2)c(F)c1.O=C(O)c1ccccn1.O=C(O)c1ccccn1.[Ir].[Ir].[Ir].[Ir].[Ir]. The summed E-state index contributed by atoms with van der Waals surface area (Å²) in [6.45, 7) is 8.54. The molecular formula is C83H77F6Ir5N12O11-5. The minimum Gasteiger partial charge on any atom is -0.540 e. The molecule has 5 N–H and O–H groups in total. The van der Waals surface area contributed by atoms with Crippen molar-refractivity contribution in [3.8, 4) is 68.4 Å². The van der Waals surface area contributed by atoms with Crippen LogP contribution in [0.3, 0.4) is 0 Å². The molecule has 117 heavy (non-hydrogen) atoms. The van der Waals surface area contributed by atoms with Gasteiger partial charge in [-0.05, 0) is 77.9 Å². The normalized spacial score (nSPS) is 9.91. The summed E-state index contributed by atoms with van der Waals surface area (Å²) >= 11 is 0. The van der Waals surface area contributed by atoms with Crippen molar-refractivity contribution in [3.63, 3.8) is 0 Å². The number of hydrogen-bond donors (Lipinski definition) is 5. The van der Waals surface area contributed by atoms with Crippen molar-refractivity contribution in [2.75, 3.05) is 7.11 Å². The molecule has 7 heterocycles. The number of allylic oxidation sites excluding steroid dienone is 6. The van der Waals surface area contributed by atoms with Crippen molar-refractivity contribution < 1.29 is 181 Å². The van der Waals surface area contributed by atoms with Gasteiger partial charge in [-0.15, -0.1) is 102 Å². The van der Waals surface area contributed by atoms with Gasteiger partial charge in [0.05, 0.1) is 53.5 Å². The van der Waals surface area contributed by atoms with Crippen LogP contribution in [0.4, 0.5) is 26.3 Å². The van der Waals surface area contributed by atoms with Crippen LogP contribution in [0.25, 0.3) is 62.6 Å². The number of methoxy groups -OCH3 is 1. The number of pyridine rings is 2. The average Bonchev–Trinajstić information content (AvgIpc) is 1.71. The molecule has 6 aromatic carbocycles. The zero-order chi connectivity index (χ0) is 82.8. The molecule has 7 aromatic heterocycles. The summed E-state index contributed by atoms with van der Waals surface area (Å²) in [6, 6.07) is 52.0. The number of aliphatic hydroxyl groups excluding tert-OH is 3. The maximum atomic E-state index is 13.8. The van der Waals surface area contributed by atoms with E-state index < -0.39 is 46.8 Å². The third-order valence-electron chi connectivity index (χ3n) is 13.4. The zero-order valence-electron chi connectivity index (χ0n) is 64.0. The smallest absolute Gasteiger partial charge is 0.354 e. The van der Waals surface area contributed by atoms with E-state index in [9.17, 15) is 50.3 Å². The summed E-state index contributed by atoms with van der Waals surface area (Å²) < 4.78 is 92.4. The van der Waals surface area contributed by atoms with Crippen molar-refractivity contribution in [3.05, 3.63) is 332 Å². The van der Waals surface area contributed by atoms with Gasteiger partial charge in [0.1, 0.15) is 11.4 Å². The third kappa shape index (κ3) is 40.3. The number of carboxylic acid groups (broad SMARTS) is 2. The van der Waals surface area contributed by atoms with Gasteiger partial charge < -0.3 is 53.1 Å². The van der Waals surface area contributed by atoms with E-state index in [1.807, 2.05) is 108 Å². The maximum absolute atomic E-state index is 13.8. The van der Waals surface area contributed by atoms with E-state index in [1.54, 1.807) is 109 Å². The Balaban J connectivity index is 0. The fourth-order valence-corrected chi connectivity index (χ4v) is 8.67. The fourth-order valence-electron chi connectivity index (χ4n) is 8.67. The fraction of sp³-hybridized carbons (Fsp3) is 0.133. The number of carboxylic acids is 2. The zero-order valence-corrected chi connectivity index (χ0v) is 76.0. The number of aromatic carboxylic acids is 2. The van der Waals surface area contributed by atoms with E-state index in [4.69, 9.17) is 30.3 Å². The van der Waals surface area contributed by atoms with Crippen LogP contribution in [0.1, 0.15) is 62.5 Å². The maximum Gasteiger partial charge on any atom is 0.354 e. The van der Waals surface area contributed by atoms with Gasteiger partial charge in [0.25, 0.3) is 0 Å². The molecule has 627 valence electrons. The largest absolute Gasteiger partial charge is 0.540 e. The van der Waals surface area contributed by atoms with Crippen molar-refractivity contribution in [1.29, 1.82) is 0 Å². The van der Waals surface area contributed by atoms with Crippen molar-refractivity contribution in [2.24, 2.45) is 28.2 Å². The van der Waals surface area contributed by atoms with Crippen molar-refractivity contribution >= 4 is 29.3 Å². The molecule has 0 aliphatic rings. The van der Waals surface area contributed by atoms with Gasteiger partial charge in [0.2, 0.25) is 0 Å². The molecule has 0 aliphatic heterocycles. The van der Waals surface area contributed by atoms with Crippen LogP contribution in [-0.4, -0.2) is 120 Å². The number of nitrogens with zero attached hydrogens (tertiary/aromatic N) is 12. The van der Waals surface area contributed by atoms with Crippen molar-refractivity contribution in [2.45, 2.75) is 41.5 Å². The Morgan fingerprint density at radius 1 is 0.368 bits per heavy atom. The molecular weight excluding hydrogens is 2420 g/mol. The number of benzene rings is 6. The van der Waals surface area contributed by atoms with Gasteiger partial charge in [0, 0.05) is 268 Å². The number of aryl methyl sites for hydroxylation is 4. The molecule has 0 atom stereocenters. The number of halogens is 6. The monoisotopic (exact) mass is 2500 g/mol. The standard InChI is InChI=1S/C15H9F2N2.C11H11N2O.2C10H7F2N2.C10H9N2.2C6H5NO2.3C5H8O2.5Ir/c16-11-6-7-13(14(17)10-11)15-18-8-9-19(15)12-4-2-1-3-5-12;1-13-8-7-12-11(13)9-3-5-10(14-2)6-4-9;2*1-14-5-4-13-10(14)8-3-2-7(11)6-9(8)12;1-12-8-7-11-10(12)9-5-3-2-4-6-9;2*8-6(9)5-3-1-2-4-7-5;3*1-4(6)3-5(2)7;;;;;/h1-6,8-10H;3,5-8H,1-2H3;2*2,4-6H,1H3;2-5,7-8H,1H3;2*1-4H,(H,8,9);3*3,6H,1-2H3;;;;;/q5*-1;;;;;;;;;;. The van der Waals surface area contributed by atoms with Crippen molar-refractivity contribution in [1.82, 2.24) is 57.7 Å². The molecule has 34 heteroatoms. The summed E-state index contributed by atoms with van der Waals surface area (Å²) in [5, 5.41) is 41.7. The number of carbonyl (C=O) groups excluding carboxylic acids is 3. The van der Waals surface area contributed by atoms with E-state index in [0.717, 1.165) is 70.6 Å². The number of carbonyl (C=O) groups is 5. The van der Waals surface area contributed by atoms with Gasteiger partial charge in [-0.1, -0.05) is 65.2 Å². The average molecular weight is 2490 g/mol. The second-order valence-corrected chi connectivity index (χ2v) is 22.7. The number of aliphatic hydroxyl groups is 3. The first-order valence-corrected chi connectivity index (χ1v) is 32.8. The molecule has 13 rings (SSSR count). The molecule has 0 fully saturated rings. The number of para-hydroxylation sites is 1. The summed E-state index contributed by atoms with van der Waals surface area (Å²) in [4.78, 5) is 78.0. The van der Waals surface area contributed by atoms with Gasteiger partial charge in [-0.2, -0.15) is 0 Å². The Morgan fingerprint density at radius 2 is 0.701 bits per heavy atom. The number of imidazole rings is 5. The van der Waals surface area contributed by atoms with Gasteiger partial charge in [0.15, 0.2) is 17.3 Å². The Morgan fingerprint density at radius 3 is 0.966 bits per heavy atom. The molecule has 0 unspecified atom stereocenters. The predicted molar refractivity (Wildman–Crippen MR) is 408 cm³/mol. The summed E-state index contributed by atoms with van der Waals surface area (Å²) in [7, 11) is 9.05. The predicted octanol–water partition coefficient (Wildman–Crippen LogP) is 16.4. The number of aromatic nitrogens is 12. The van der Waals surface area contributed by atoms with Crippen LogP contribution in [-0.2, 0) is 143 Å². The van der Waals surface area contributed by atoms with E-state index in [0.29, 0.717) is 17.5 Å². The molecule has 0 saturated carbocycles. The molecule has 13 aromatic rings. The van der Waals surface area contributed by atoms with Crippen LogP contribution in [0.2, 0.25) is 0 Å². The molecule has 0 aliphatic carbocycles. The van der Waals surface area contributed by atoms with Gasteiger partial charge in [-0.3, -0.25) is 65.6 Å².